The van der Waals surface area contributed by atoms with Gasteiger partial charge in [-0.15, -0.1) is 0 Å². The van der Waals surface area contributed by atoms with Gasteiger partial charge in [0, 0.05) is 23.8 Å². The lowest BCUT2D eigenvalue weighted by atomic mass is 9.97. The summed E-state index contributed by atoms with van der Waals surface area (Å²) in [5.74, 6) is 0.458. The van der Waals surface area contributed by atoms with Crippen molar-refractivity contribution in [3.05, 3.63) is 64.2 Å². The van der Waals surface area contributed by atoms with Gasteiger partial charge in [-0.05, 0) is 54.3 Å². The van der Waals surface area contributed by atoms with Crippen molar-refractivity contribution in [2.75, 3.05) is 12.4 Å². The number of aldehydes is 1. The highest BCUT2D eigenvalue weighted by molar-refractivity contribution is 5.99. The zero-order valence-corrected chi connectivity index (χ0v) is 15.9. The van der Waals surface area contributed by atoms with Crippen LogP contribution in [0.1, 0.15) is 65.3 Å². The second-order valence-electron chi connectivity index (χ2n) is 7.46. The van der Waals surface area contributed by atoms with E-state index in [1.165, 1.54) is 5.56 Å². The lowest BCUT2D eigenvalue weighted by molar-refractivity contribution is -0.115. The summed E-state index contributed by atoms with van der Waals surface area (Å²) in [4.78, 5) is 25.3. The number of fused-ring (bicyclic) bond motifs is 1. The van der Waals surface area contributed by atoms with Crippen molar-refractivity contribution in [2.24, 2.45) is 0 Å². The first-order chi connectivity index (χ1) is 12.4. The number of rotatable bonds is 6. The molecule has 1 heterocycles. The van der Waals surface area contributed by atoms with Crippen molar-refractivity contribution in [1.82, 2.24) is 4.90 Å². The Bertz CT molecular complexity index is 842. The molecule has 0 aromatic heterocycles. The molecule has 0 bridgehead atoms. The Balaban J connectivity index is 1.78. The average Bonchev–Trinajstić information content (AvgIpc) is 3.00. The Morgan fingerprint density at radius 3 is 2.54 bits per heavy atom. The number of hydrogen-bond acceptors (Lipinski definition) is 3. The Hall–Kier alpha value is -2.46. The molecule has 1 atom stereocenters. The van der Waals surface area contributed by atoms with Crippen molar-refractivity contribution in [3.8, 4) is 0 Å². The predicted molar refractivity (Wildman–Crippen MR) is 105 cm³/mol. The second-order valence-corrected chi connectivity index (χ2v) is 7.46. The Morgan fingerprint density at radius 1 is 1.12 bits per heavy atom. The maximum absolute atomic E-state index is 11.5. The maximum Gasteiger partial charge on any atom is 0.228 e. The van der Waals surface area contributed by atoms with Gasteiger partial charge in [-0.3, -0.25) is 14.5 Å². The molecule has 3 rings (SSSR count). The van der Waals surface area contributed by atoms with Crippen molar-refractivity contribution in [1.29, 1.82) is 0 Å². The normalized spacial score (nSPS) is 14.5. The van der Waals surface area contributed by atoms with Crippen LogP contribution in [0.4, 0.5) is 5.69 Å². The molecule has 136 valence electrons. The zero-order chi connectivity index (χ0) is 18.8. The van der Waals surface area contributed by atoms with E-state index in [9.17, 15) is 9.59 Å². The average molecular weight is 350 g/mol. The summed E-state index contributed by atoms with van der Waals surface area (Å²) in [5, 5.41) is 2.91. The molecule has 1 N–H and O–H groups in total. The number of anilines is 1. The number of amides is 1. The van der Waals surface area contributed by atoms with Gasteiger partial charge in [0.25, 0.3) is 0 Å². The summed E-state index contributed by atoms with van der Waals surface area (Å²) in [5.41, 5.74) is 6.11. The number of nitrogens with zero attached hydrogens (tertiary/aromatic N) is 1. The molecule has 1 amide bonds. The van der Waals surface area contributed by atoms with Crippen molar-refractivity contribution >= 4 is 17.9 Å². The molecule has 1 aliphatic rings. The first-order valence-corrected chi connectivity index (χ1v) is 9.10. The molecule has 4 heteroatoms. The molecule has 26 heavy (non-hydrogen) atoms. The minimum atomic E-state index is 0.0547. The third kappa shape index (κ3) is 3.70. The lowest BCUT2D eigenvalue weighted by Gasteiger charge is -2.26. The van der Waals surface area contributed by atoms with Crippen LogP contribution in [0.3, 0.4) is 0 Å². The van der Waals surface area contributed by atoms with Gasteiger partial charge in [0.1, 0.15) is 6.29 Å². The van der Waals surface area contributed by atoms with E-state index >= 15 is 0 Å². The van der Waals surface area contributed by atoms with E-state index in [1.807, 2.05) is 12.1 Å². The minimum absolute atomic E-state index is 0.0547. The van der Waals surface area contributed by atoms with Crippen LogP contribution in [-0.2, 0) is 17.8 Å². The van der Waals surface area contributed by atoms with E-state index in [-0.39, 0.29) is 11.9 Å². The van der Waals surface area contributed by atoms with E-state index in [1.54, 1.807) is 0 Å². The molecule has 2 aromatic carbocycles. The van der Waals surface area contributed by atoms with Gasteiger partial charge in [0.15, 0.2) is 0 Å². The standard InChI is InChI=1S/C22H26N2O2/c1-14(2)16-5-8-19(20(9-16)13-25)12-24(4)15(3)17-6-7-18-11-22(26)23-21(18)10-17/h5-10,13-15H,11-12H2,1-4H3,(H,23,26). The van der Waals surface area contributed by atoms with Gasteiger partial charge < -0.3 is 5.32 Å². The largest absolute Gasteiger partial charge is 0.326 e. The van der Waals surface area contributed by atoms with Crippen LogP contribution in [0.2, 0.25) is 0 Å². The summed E-state index contributed by atoms with van der Waals surface area (Å²) >= 11 is 0. The fourth-order valence-corrected chi connectivity index (χ4v) is 3.38. The Kier molecular flexibility index (Phi) is 5.23. The Labute approximate surface area is 155 Å². The maximum atomic E-state index is 11.5. The first-order valence-electron chi connectivity index (χ1n) is 9.10. The van der Waals surface area contributed by atoms with Crippen molar-refractivity contribution in [2.45, 2.75) is 45.7 Å². The highest BCUT2D eigenvalue weighted by Gasteiger charge is 2.20. The van der Waals surface area contributed by atoms with E-state index in [2.05, 4.69) is 62.3 Å². The van der Waals surface area contributed by atoms with Gasteiger partial charge in [0.2, 0.25) is 5.91 Å². The van der Waals surface area contributed by atoms with E-state index in [0.29, 0.717) is 18.9 Å². The van der Waals surface area contributed by atoms with Crippen LogP contribution in [0, 0.1) is 0 Å². The molecule has 0 aliphatic carbocycles. The quantitative estimate of drug-likeness (QED) is 0.790. The highest BCUT2D eigenvalue weighted by Crippen LogP contribution is 2.29. The SMILES string of the molecule is CC(C)c1ccc(CN(C)C(C)c2ccc3c(c2)NC(=O)C3)c(C=O)c1. The summed E-state index contributed by atoms with van der Waals surface area (Å²) < 4.78 is 0. The second kappa shape index (κ2) is 7.42. The topological polar surface area (TPSA) is 49.4 Å². The number of hydrogen-bond donors (Lipinski definition) is 1. The van der Waals surface area contributed by atoms with Crippen LogP contribution < -0.4 is 5.32 Å². The van der Waals surface area contributed by atoms with E-state index < -0.39 is 0 Å². The van der Waals surface area contributed by atoms with Crippen LogP contribution in [0.25, 0.3) is 0 Å². The summed E-state index contributed by atoms with van der Waals surface area (Å²) in [6.07, 6.45) is 1.41. The first kappa shape index (κ1) is 18.3. The Morgan fingerprint density at radius 2 is 1.85 bits per heavy atom. The molecule has 0 saturated carbocycles. The molecule has 1 aliphatic heterocycles. The van der Waals surface area contributed by atoms with Crippen molar-refractivity contribution < 1.29 is 9.59 Å². The smallest absolute Gasteiger partial charge is 0.228 e. The van der Waals surface area contributed by atoms with Crippen LogP contribution in [0.15, 0.2) is 36.4 Å². The molecule has 0 spiro atoms. The molecule has 1 unspecified atom stereocenters. The molecule has 4 nitrogen and oxygen atoms in total. The van der Waals surface area contributed by atoms with Crippen LogP contribution >= 0.6 is 0 Å². The van der Waals surface area contributed by atoms with Crippen molar-refractivity contribution in [3.63, 3.8) is 0 Å². The third-order valence-electron chi connectivity index (χ3n) is 5.29. The van der Waals surface area contributed by atoms with Gasteiger partial charge in [-0.25, -0.2) is 0 Å². The van der Waals surface area contributed by atoms with E-state index in [4.69, 9.17) is 0 Å². The molecular weight excluding hydrogens is 324 g/mol. The fraction of sp³-hybridized carbons (Fsp3) is 0.364. The van der Waals surface area contributed by atoms with Gasteiger partial charge in [-0.2, -0.15) is 0 Å². The van der Waals surface area contributed by atoms with Gasteiger partial charge >= 0.3 is 0 Å². The number of nitrogens with one attached hydrogen (secondary N) is 1. The molecule has 0 fully saturated rings. The fourth-order valence-electron chi connectivity index (χ4n) is 3.38. The third-order valence-corrected chi connectivity index (χ3v) is 5.29. The molecular formula is C22H26N2O2. The van der Waals surface area contributed by atoms with Gasteiger partial charge in [-0.1, -0.05) is 38.1 Å². The van der Waals surface area contributed by atoms with E-state index in [0.717, 1.165) is 34.2 Å². The molecule has 0 saturated heterocycles. The summed E-state index contributed by atoms with van der Waals surface area (Å²) in [6.45, 7) is 7.09. The highest BCUT2D eigenvalue weighted by atomic mass is 16.1. The summed E-state index contributed by atoms with van der Waals surface area (Å²) in [7, 11) is 2.06. The monoisotopic (exact) mass is 350 g/mol. The van der Waals surface area contributed by atoms with Crippen LogP contribution in [-0.4, -0.2) is 24.1 Å². The zero-order valence-electron chi connectivity index (χ0n) is 15.9. The minimum Gasteiger partial charge on any atom is -0.326 e. The van der Waals surface area contributed by atoms with Gasteiger partial charge in [0.05, 0.1) is 6.42 Å². The molecule has 2 aromatic rings. The van der Waals surface area contributed by atoms with Crippen LogP contribution in [0.5, 0.6) is 0 Å². The number of benzene rings is 2. The number of carbonyl (C=O) groups is 2. The lowest BCUT2D eigenvalue weighted by Crippen LogP contribution is -2.22. The summed E-state index contributed by atoms with van der Waals surface area (Å²) in [6, 6.07) is 12.5. The number of carbonyl (C=O) groups excluding carboxylic acids is 2. The molecule has 0 radical (unpaired) electrons. The predicted octanol–water partition coefficient (Wildman–Crippen LogP) is 4.31.